The van der Waals surface area contributed by atoms with Crippen molar-refractivity contribution in [3.8, 4) is 0 Å². The van der Waals surface area contributed by atoms with Gasteiger partial charge in [-0.2, -0.15) is 0 Å². The Labute approximate surface area is 300 Å². The number of allylic oxidation sites excluding steroid dienone is 2. The maximum absolute atomic E-state index is 12.5. The van der Waals surface area contributed by atoms with Crippen LogP contribution in [0, 0.1) is 0 Å². The molecule has 0 aromatic carbocycles. The molecule has 0 amide bonds. The Morgan fingerprint density at radius 3 is 1.51 bits per heavy atom. The van der Waals surface area contributed by atoms with Crippen molar-refractivity contribution < 1.29 is 37.6 Å². The normalized spacial score (nSPS) is 13.5. The minimum Gasteiger partial charge on any atom is -0.462 e. The number of carbonyl (C=O) groups is 2. The third-order valence-electron chi connectivity index (χ3n) is 8.65. The van der Waals surface area contributed by atoms with Gasteiger partial charge in [0.2, 0.25) is 0 Å². The van der Waals surface area contributed by atoms with Crippen LogP contribution in [0.3, 0.4) is 0 Å². The van der Waals surface area contributed by atoms with Gasteiger partial charge in [-0.05, 0) is 32.1 Å². The predicted octanol–water partition coefficient (Wildman–Crippen LogP) is 11.1. The summed E-state index contributed by atoms with van der Waals surface area (Å²) in [6.07, 6.45) is 35.2. The fourth-order valence-corrected chi connectivity index (χ4v) is 6.38. The molecule has 0 aliphatic rings. The average molecular weight is 718 g/mol. The Bertz CT molecular complexity index is 825. The van der Waals surface area contributed by atoms with Crippen molar-refractivity contribution in [3.63, 3.8) is 0 Å². The summed E-state index contributed by atoms with van der Waals surface area (Å²) in [4.78, 5) is 34.7. The minimum absolute atomic E-state index is 0.0559. The number of hydrogen-bond acceptors (Lipinski definition) is 8. The smallest absolute Gasteiger partial charge is 0.462 e. The first kappa shape index (κ1) is 47.8. The Morgan fingerprint density at radius 1 is 0.592 bits per heavy atom. The maximum atomic E-state index is 12.5. The van der Waals surface area contributed by atoms with Gasteiger partial charge in [-0.25, -0.2) is 4.57 Å². The topological polar surface area (TPSA) is 134 Å². The van der Waals surface area contributed by atoms with E-state index in [0.29, 0.717) is 6.42 Å². The quantitative estimate of drug-likeness (QED) is 0.0277. The van der Waals surface area contributed by atoms with Crippen LogP contribution in [0.5, 0.6) is 0 Å². The lowest BCUT2D eigenvalue weighted by atomic mass is 10.0. The lowest BCUT2D eigenvalue weighted by Gasteiger charge is -2.19. The first-order valence-corrected chi connectivity index (χ1v) is 21.7. The third-order valence-corrected chi connectivity index (χ3v) is 9.64. The molecular weight excluding hydrogens is 641 g/mol. The van der Waals surface area contributed by atoms with Crippen molar-refractivity contribution in [3.05, 3.63) is 12.2 Å². The zero-order chi connectivity index (χ0) is 36.1. The number of esters is 2. The molecule has 10 heteroatoms. The van der Waals surface area contributed by atoms with Gasteiger partial charge in [-0.3, -0.25) is 18.6 Å². The summed E-state index contributed by atoms with van der Waals surface area (Å²) in [6, 6.07) is 0. The first-order valence-electron chi connectivity index (χ1n) is 20.2. The van der Waals surface area contributed by atoms with Crippen molar-refractivity contribution in [1.29, 1.82) is 0 Å². The van der Waals surface area contributed by atoms with E-state index >= 15 is 0 Å². The third kappa shape index (κ3) is 36.3. The largest absolute Gasteiger partial charge is 0.472 e. The lowest BCUT2D eigenvalue weighted by molar-refractivity contribution is -0.161. The zero-order valence-electron chi connectivity index (χ0n) is 31.7. The molecule has 1 unspecified atom stereocenters. The van der Waals surface area contributed by atoms with Crippen LogP contribution in [-0.4, -0.2) is 49.3 Å². The number of unbranched alkanes of at least 4 members (excludes halogenated alkanes) is 23. The molecule has 0 rings (SSSR count). The molecule has 0 radical (unpaired) electrons. The molecule has 290 valence electrons. The van der Waals surface area contributed by atoms with Crippen molar-refractivity contribution in [2.24, 2.45) is 5.73 Å². The number of ether oxygens (including phenoxy) is 2. The molecule has 0 aliphatic carbocycles. The van der Waals surface area contributed by atoms with E-state index in [-0.39, 0.29) is 38.6 Å². The number of nitrogens with two attached hydrogens (primary N) is 1. The molecule has 0 heterocycles. The lowest BCUT2D eigenvalue weighted by Crippen LogP contribution is -2.29. The molecular formula is C39H76NO8P. The molecule has 0 spiro atoms. The SMILES string of the molecule is CCCC/C=C/CCCCCCCCCCCC(=O)OC[C@H](COP(=O)(O)OCCN)OC(=O)CCCCCCCCCCCCCCC. The first-order chi connectivity index (χ1) is 23.8. The highest BCUT2D eigenvalue weighted by molar-refractivity contribution is 7.47. The molecule has 0 fully saturated rings. The highest BCUT2D eigenvalue weighted by Crippen LogP contribution is 2.43. The summed E-state index contributed by atoms with van der Waals surface area (Å²) >= 11 is 0. The summed E-state index contributed by atoms with van der Waals surface area (Å²) in [5.74, 6) is -0.824. The molecule has 9 nitrogen and oxygen atoms in total. The molecule has 0 aliphatic heterocycles. The average Bonchev–Trinajstić information content (AvgIpc) is 3.08. The second-order valence-corrected chi connectivity index (χ2v) is 15.0. The number of phosphoric ester groups is 1. The molecule has 3 N–H and O–H groups in total. The number of phosphoric acid groups is 1. The second-order valence-electron chi connectivity index (χ2n) is 13.5. The van der Waals surface area contributed by atoms with Crippen molar-refractivity contribution in [1.82, 2.24) is 0 Å². The molecule has 2 atom stereocenters. The van der Waals surface area contributed by atoms with E-state index in [9.17, 15) is 19.0 Å². The standard InChI is InChI=1S/C39H76NO8P/c1-3-5-7-9-11-13-15-17-18-20-21-23-25-27-29-31-38(41)45-35-37(36-47-49(43,44)46-34-33-40)48-39(42)32-30-28-26-24-22-19-16-14-12-10-8-6-4-2/h9,11,37H,3-8,10,12-36,40H2,1-2H3,(H,43,44)/b11-9+/t37-/m1/s1. The van der Waals surface area contributed by atoms with Crippen LogP contribution < -0.4 is 5.73 Å². The summed E-state index contributed by atoms with van der Waals surface area (Å²) in [5, 5.41) is 0. The summed E-state index contributed by atoms with van der Waals surface area (Å²) in [6.45, 7) is 3.71. The van der Waals surface area contributed by atoms with Gasteiger partial charge in [0.15, 0.2) is 6.10 Å². The van der Waals surface area contributed by atoms with Gasteiger partial charge < -0.3 is 20.1 Å². The van der Waals surface area contributed by atoms with Gasteiger partial charge in [0.05, 0.1) is 13.2 Å². The molecule has 49 heavy (non-hydrogen) atoms. The van der Waals surface area contributed by atoms with Gasteiger partial charge >= 0.3 is 19.8 Å². The van der Waals surface area contributed by atoms with E-state index in [2.05, 4.69) is 26.0 Å². The highest BCUT2D eigenvalue weighted by atomic mass is 31.2. The van der Waals surface area contributed by atoms with Gasteiger partial charge in [0.25, 0.3) is 0 Å². The van der Waals surface area contributed by atoms with E-state index < -0.39 is 26.5 Å². The summed E-state index contributed by atoms with van der Waals surface area (Å²) in [5.41, 5.74) is 5.33. The maximum Gasteiger partial charge on any atom is 0.472 e. The van der Waals surface area contributed by atoms with E-state index in [4.69, 9.17) is 24.3 Å². The number of carbonyl (C=O) groups excluding carboxylic acids is 2. The van der Waals surface area contributed by atoms with Gasteiger partial charge in [-0.1, -0.05) is 161 Å². The molecule has 0 aromatic heterocycles. The van der Waals surface area contributed by atoms with E-state index in [1.165, 1.54) is 128 Å². The fraction of sp³-hybridized carbons (Fsp3) is 0.897. The Kier molecular flexibility index (Phi) is 35.6. The van der Waals surface area contributed by atoms with Crippen molar-refractivity contribution >= 4 is 19.8 Å². The molecule has 0 bridgehead atoms. The van der Waals surface area contributed by atoms with Crippen LogP contribution in [0.2, 0.25) is 0 Å². The number of rotatable bonds is 38. The Hall–Kier alpha value is -1.25. The zero-order valence-corrected chi connectivity index (χ0v) is 32.6. The van der Waals surface area contributed by atoms with Crippen LogP contribution in [-0.2, 0) is 32.7 Å². The van der Waals surface area contributed by atoms with Crippen molar-refractivity contribution in [2.75, 3.05) is 26.4 Å². The monoisotopic (exact) mass is 718 g/mol. The van der Waals surface area contributed by atoms with Crippen molar-refractivity contribution in [2.45, 2.75) is 200 Å². The molecule has 0 saturated carbocycles. The van der Waals surface area contributed by atoms with E-state index in [1.807, 2.05) is 0 Å². The van der Waals surface area contributed by atoms with E-state index in [1.54, 1.807) is 0 Å². The van der Waals surface area contributed by atoms with Gasteiger partial charge in [0.1, 0.15) is 6.61 Å². The van der Waals surface area contributed by atoms with Crippen LogP contribution in [0.4, 0.5) is 0 Å². The van der Waals surface area contributed by atoms with Crippen LogP contribution in [0.15, 0.2) is 12.2 Å². The van der Waals surface area contributed by atoms with Gasteiger partial charge in [0, 0.05) is 19.4 Å². The van der Waals surface area contributed by atoms with Crippen LogP contribution in [0.1, 0.15) is 194 Å². The fourth-order valence-electron chi connectivity index (χ4n) is 5.62. The molecule has 0 aromatic rings. The Balaban J connectivity index is 4.16. The minimum atomic E-state index is -4.37. The summed E-state index contributed by atoms with van der Waals surface area (Å²) < 4.78 is 32.7. The number of hydrogen-bond donors (Lipinski definition) is 2. The van der Waals surface area contributed by atoms with Gasteiger partial charge in [-0.15, -0.1) is 0 Å². The Morgan fingerprint density at radius 2 is 1.02 bits per heavy atom. The predicted molar refractivity (Wildman–Crippen MR) is 201 cm³/mol. The van der Waals surface area contributed by atoms with E-state index in [0.717, 1.165) is 32.1 Å². The second kappa shape index (κ2) is 36.5. The van der Waals surface area contributed by atoms with Crippen LogP contribution in [0.25, 0.3) is 0 Å². The highest BCUT2D eigenvalue weighted by Gasteiger charge is 2.26. The van der Waals surface area contributed by atoms with Crippen LogP contribution >= 0.6 is 7.82 Å². The molecule has 0 saturated heterocycles. The summed E-state index contributed by atoms with van der Waals surface area (Å²) in [7, 11) is -4.37.